The van der Waals surface area contributed by atoms with Crippen molar-refractivity contribution in [1.82, 2.24) is 5.32 Å². The third-order valence-electron chi connectivity index (χ3n) is 5.30. The summed E-state index contributed by atoms with van der Waals surface area (Å²) in [5, 5.41) is 1.95. The van der Waals surface area contributed by atoms with E-state index in [-0.39, 0.29) is 11.1 Å². The number of imide groups is 1. The number of nitrogens with zero attached hydrogens (tertiary/aromatic N) is 1. The average Bonchev–Trinajstić information content (AvgIpc) is 3.11. The number of amides is 2. The fraction of sp³-hybridized carbons (Fsp3) is 0.120. The number of carbonyl (C=O) groups is 2. The fourth-order valence-corrected chi connectivity index (χ4v) is 4.50. The Hall–Kier alpha value is -3.51. The van der Waals surface area contributed by atoms with Crippen molar-refractivity contribution in [3.63, 3.8) is 0 Å². The van der Waals surface area contributed by atoms with Gasteiger partial charge in [0.25, 0.3) is 11.1 Å². The largest absolute Gasteiger partial charge is 0.453 e. The van der Waals surface area contributed by atoms with Crippen molar-refractivity contribution in [2.24, 2.45) is 0 Å². The van der Waals surface area contributed by atoms with Crippen molar-refractivity contribution < 1.29 is 14.3 Å². The first-order valence-electron chi connectivity index (χ1n) is 10.1. The molecule has 0 saturated carbocycles. The number of hydrogen-bond donors (Lipinski definition) is 1. The van der Waals surface area contributed by atoms with Crippen LogP contribution in [0.2, 0.25) is 0 Å². The maximum Gasteiger partial charge on any atom is 0.290 e. The Balaban J connectivity index is 1.26. The van der Waals surface area contributed by atoms with Gasteiger partial charge >= 0.3 is 0 Å². The second kappa shape index (κ2) is 8.32. The van der Waals surface area contributed by atoms with Gasteiger partial charge in [-0.3, -0.25) is 14.9 Å². The van der Waals surface area contributed by atoms with E-state index in [2.05, 4.69) is 34.5 Å². The number of ether oxygens (including phenoxy) is 1. The predicted molar refractivity (Wildman–Crippen MR) is 124 cm³/mol. The summed E-state index contributed by atoms with van der Waals surface area (Å²) in [6.45, 7) is 0.877. The zero-order valence-corrected chi connectivity index (χ0v) is 17.5. The molecule has 1 N–H and O–H groups in total. The summed E-state index contributed by atoms with van der Waals surface area (Å²) < 4.78 is 6.06. The number of para-hydroxylation sites is 4. The summed E-state index contributed by atoms with van der Waals surface area (Å²) in [5.41, 5.74) is 4.32. The lowest BCUT2D eigenvalue weighted by molar-refractivity contribution is -0.115. The standard InChI is InChI=1S/C25H20N2O3S/c28-24-23(31-25(29)26-24)16-18-13-11-17(12-14-18)6-5-15-27-19-7-1-3-9-21(19)30-22-10-4-2-8-20(22)27/h1-4,7-14,16H,5-6,15H2,(H,26,28,29). The molecule has 5 rings (SSSR count). The Morgan fingerprint density at radius 2 is 1.52 bits per heavy atom. The quantitative estimate of drug-likeness (QED) is 0.514. The van der Waals surface area contributed by atoms with E-state index in [4.69, 9.17) is 4.74 Å². The highest BCUT2D eigenvalue weighted by Crippen LogP contribution is 2.46. The van der Waals surface area contributed by atoms with Gasteiger partial charge in [0.1, 0.15) is 0 Å². The molecule has 1 saturated heterocycles. The molecule has 2 heterocycles. The van der Waals surface area contributed by atoms with Gasteiger partial charge in [-0.2, -0.15) is 0 Å². The molecule has 2 aliphatic rings. The molecule has 154 valence electrons. The van der Waals surface area contributed by atoms with Crippen LogP contribution in [0.4, 0.5) is 16.2 Å². The fourth-order valence-electron chi connectivity index (χ4n) is 3.82. The van der Waals surface area contributed by atoms with Crippen LogP contribution in [-0.4, -0.2) is 17.7 Å². The predicted octanol–water partition coefficient (Wildman–Crippen LogP) is 5.89. The van der Waals surface area contributed by atoms with Crippen LogP contribution in [0.3, 0.4) is 0 Å². The molecule has 3 aromatic rings. The van der Waals surface area contributed by atoms with Crippen LogP contribution in [0, 0.1) is 0 Å². The Morgan fingerprint density at radius 3 is 2.13 bits per heavy atom. The van der Waals surface area contributed by atoms with Crippen molar-refractivity contribution in [1.29, 1.82) is 0 Å². The zero-order chi connectivity index (χ0) is 21.2. The number of nitrogens with one attached hydrogen (secondary N) is 1. The lowest BCUT2D eigenvalue weighted by Crippen LogP contribution is -2.22. The SMILES string of the molecule is O=C1NC(=O)C(=Cc2ccc(CCCN3c4ccccc4Oc4ccccc43)cc2)S1. The lowest BCUT2D eigenvalue weighted by Gasteiger charge is -2.32. The van der Waals surface area contributed by atoms with E-state index in [1.165, 1.54) is 5.56 Å². The van der Waals surface area contributed by atoms with Gasteiger partial charge in [-0.05, 0) is 66.1 Å². The number of hydrogen-bond acceptors (Lipinski definition) is 5. The highest BCUT2D eigenvalue weighted by Gasteiger charge is 2.25. The zero-order valence-electron chi connectivity index (χ0n) is 16.7. The first-order chi connectivity index (χ1) is 15.2. The van der Waals surface area contributed by atoms with Gasteiger partial charge in [0.2, 0.25) is 0 Å². The molecule has 0 unspecified atom stereocenters. The van der Waals surface area contributed by atoms with Crippen LogP contribution in [0.25, 0.3) is 6.08 Å². The van der Waals surface area contributed by atoms with Crippen molar-refractivity contribution in [3.05, 3.63) is 88.8 Å². The Labute approximate surface area is 184 Å². The van der Waals surface area contributed by atoms with E-state index in [9.17, 15) is 9.59 Å². The van der Waals surface area contributed by atoms with Gasteiger partial charge in [0.15, 0.2) is 11.5 Å². The van der Waals surface area contributed by atoms with Gasteiger partial charge in [0.05, 0.1) is 16.3 Å². The summed E-state index contributed by atoms with van der Waals surface area (Å²) in [4.78, 5) is 25.7. The Morgan fingerprint density at radius 1 is 0.871 bits per heavy atom. The monoisotopic (exact) mass is 428 g/mol. The maximum absolute atomic E-state index is 11.7. The number of carbonyl (C=O) groups excluding carboxylic acids is 2. The van der Waals surface area contributed by atoms with Crippen LogP contribution < -0.4 is 15.0 Å². The minimum atomic E-state index is -0.329. The molecule has 5 nitrogen and oxygen atoms in total. The smallest absolute Gasteiger partial charge is 0.290 e. The van der Waals surface area contributed by atoms with Crippen LogP contribution in [0.5, 0.6) is 11.5 Å². The molecule has 0 spiro atoms. The van der Waals surface area contributed by atoms with Gasteiger partial charge in [0, 0.05) is 6.54 Å². The minimum Gasteiger partial charge on any atom is -0.453 e. The normalized spacial score (nSPS) is 16.0. The van der Waals surface area contributed by atoms with E-state index in [1.807, 2.05) is 48.5 Å². The maximum atomic E-state index is 11.7. The van der Waals surface area contributed by atoms with E-state index in [0.717, 1.165) is 59.6 Å². The lowest BCUT2D eigenvalue weighted by atomic mass is 10.1. The van der Waals surface area contributed by atoms with Crippen LogP contribution in [-0.2, 0) is 11.2 Å². The Bertz CT molecular complexity index is 1140. The summed E-state index contributed by atoms with van der Waals surface area (Å²) in [6.07, 6.45) is 3.67. The van der Waals surface area contributed by atoms with Crippen molar-refractivity contribution in [3.8, 4) is 11.5 Å². The highest BCUT2D eigenvalue weighted by molar-refractivity contribution is 8.18. The van der Waals surface area contributed by atoms with Gasteiger partial charge in [-0.1, -0.05) is 48.5 Å². The second-order valence-electron chi connectivity index (χ2n) is 7.39. The van der Waals surface area contributed by atoms with Gasteiger partial charge < -0.3 is 9.64 Å². The third kappa shape index (κ3) is 4.07. The number of anilines is 2. The van der Waals surface area contributed by atoms with Crippen LogP contribution in [0.1, 0.15) is 17.5 Å². The number of fused-ring (bicyclic) bond motifs is 2. The molecule has 0 aliphatic carbocycles. The van der Waals surface area contributed by atoms with Crippen molar-refractivity contribution in [2.45, 2.75) is 12.8 Å². The number of thioether (sulfide) groups is 1. The average molecular weight is 429 g/mol. The van der Waals surface area contributed by atoms with Crippen LogP contribution >= 0.6 is 11.8 Å². The van der Waals surface area contributed by atoms with Crippen molar-refractivity contribution >= 4 is 40.4 Å². The molecule has 6 heteroatoms. The minimum absolute atomic E-state index is 0.320. The molecule has 0 radical (unpaired) electrons. The molecular formula is C25H20N2O3S. The molecule has 0 aromatic heterocycles. The summed E-state index contributed by atoms with van der Waals surface area (Å²) in [6, 6.07) is 24.4. The van der Waals surface area contributed by atoms with E-state index in [1.54, 1.807) is 6.08 Å². The van der Waals surface area contributed by atoms with Crippen LogP contribution in [0.15, 0.2) is 77.7 Å². The van der Waals surface area contributed by atoms with E-state index >= 15 is 0 Å². The molecule has 0 atom stereocenters. The second-order valence-corrected chi connectivity index (χ2v) is 8.40. The Kier molecular flexibility index (Phi) is 5.22. The number of benzene rings is 3. The molecule has 2 aliphatic heterocycles. The van der Waals surface area contributed by atoms with E-state index < -0.39 is 0 Å². The molecule has 31 heavy (non-hydrogen) atoms. The number of rotatable bonds is 5. The summed E-state index contributed by atoms with van der Waals surface area (Å²) in [7, 11) is 0. The highest BCUT2D eigenvalue weighted by atomic mass is 32.2. The van der Waals surface area contributed by atoms with Gasteiger partial charge in [-0.15, -0.1) is 0 Å². The first-order valence-corrected chi connectivity index (χ1v) is 11.0. The molecule has 3 aromatic carbocycles. The molecular weight excluding hydrogens is 408 g/mol. The molecule has 0 bridgehead atoms. The van der Waals surface area contributed by atoms with Gasteiger partial charge in [-0.25, -0.2) is 0 Å². The first kappa shape index (κ1) is 19.5. The third-order valence-corrected chi connectivity index (χ3v) is 6.11. The molecule has 2 amide bonds. The summed E-state index contributed by atoms with van der Waals surface area (Å²) >= 11 is 0.937. The van der Waals surface area contributed by atoms with Crippen molar-refractivity contribution in [2.75, 3.05) is 11.4 Å². The van der Waals surface area contributed by atoms with E-state index in [0.29, 0.717) is 4.91 Å². The number of aryl methyl sites for hydroxylation is 1. The summed E-state index contributed by atoms with van der Waals surface area (Å²) in [5.74, 6) is 1.43. The topological polar surface area (TPSA) is 58.6 Å². The molecule has 1 fully saturated rings.